The van der Waals surface area contributed by atoms with Crippen LogP contribution in [-0.2, 0) is 36.0 Å². The van der Waals surface area contributed by atoms with E-state index in [-0.39, 0.29) is 56.8 Å². The first kappa shape index (κ1) is 35.4. The third kappa shape index (κ3) is 10.0. The second kappa shape index (κ2) is 15.0. The number of esters is 1. The van der Waals surface area contributed by atoms with Crippen molar-refractivity contribution < 1.29 is 49.4 Å². The van der Waals surface area contributed by atoms with E-state index in [0.29, 0.717) is 11.1 Å². The Bertz CT molecular complexity index is 1770. The quantitative estimate of drug-likeness (QED) is 0.193. The van der Waals surface area contributed by atoms with Crippen LogP contribution in [0.4, 0.5) is 14.5 Å². The van der Waals surface area contributed by atoms with Crippen LogP contribution in [0.2, 0.25) is 10.0 Å². The number of halogens is 4. The predicted molar refractivity (Wildman–Crippen MR) is 165 cm³/mol. The van der Waals surface area contributed by atoms with Gasteiger partial charge in [-0.1, -0.05) is 29.3 Å². The largest absolute Gasteiger partial charge is 0.495 e. The molecule has 18 heteroatoms. The summed E-state index contributed by atoms with van der Waals surface area (Å²) in [6.07, 6.45) is 4.17. The van der Waals surface area contributed by atoms with Crippen LogP contribution >= 0.6 is 23.2 Å². The van der Waals surface area contributed by atoms with Crippen molar-refractivity contribution in [2.75, 3.05) is 31.2 Å². The lowest BCUT2D eigenvalue weighted by atomic mass is 10.0. The Morgan fingerprint density at radius 2 is 1.70 bits per heavy atom. The van der Waals surface area contributed by atoms with Gasteiger partial charge in [-0.2, -0.15) is 13.5 Å². The summed E-state index contributed by atoms with van der Waals surface area (Å²) in [4.78, 5) is 16.6. The van der Waals surface area contributed by atoms with Crippen molar-refractivity contribution >= 4 is 54.9 Å². The number of anilines is 1. The maximum atomic E-state index is 13.1. The minimum absolute atomic E-state index is 0.00335. The Balaban J connectivity index is 1.58. The standard InChI is InChI=1S/C28H29Cl2F2N3O9S2/c1-41-23-8-6-18(10-22(23)35-45(2,37)38)46(39,40)34-14-27(36)43-25(11-19-20(29)12-33-13-21(19)30)17-5-7-24(44-28(31)32)26(9-17)42-15-16-3-4-16/h5-10,12-13,16,25,28,34-35H,3-4,11,14-15H2,1-2H3. The highest BCUT2D eigenvalue weighted by molar-refractivity contribution is 7.92. The van der Waals surface area contributed by atoms with Crippen LogP contribution in [0.15, 0.2) is 53.7 Å². The molecular formula is C28H29Cl2F2N3O9S2. The van der Waals surface area contributed by atoms with Gasteiger partial charge in [0.1, 0.15) is 18.4 Å². The molecule has 0 spiro atoms. The molecule has 46 heavy (non-hydrogen) atoms. The third-order valence-electron chi connectivity index (χ3n) is 6.53. The molecule has 1 atom stereocenters. The zero-order chi connectivity index (χ0) is 33.6. The van der Waals surface area contributed by atoms with Gasteiger partial charge in [-0.3, -0.25) is 14.5 Å². The van der Waals surface area contributed by atoms with Gasteiger partial charge in [0.25, 0.3) is 0 Å². The zero-order valence-electron chi connectivity index (χ0n) is 24.3. The number of ether oxygens (including phenoxy) is 4. The van der Waals surface area contributed by atoms with Crippen molar-refractivity contribution in [3.8, 4) is 17.2 Å². The Hall–Kier alpha value is -3.44. The predicted octanol–water partition coefficient (Wildman–Crippen LogP) is 4.96. The fourth-order valence-corrected chi connectivity index (χ4v) is 6.21. The summed E-state index contributed by atoms with van der Waals surface area (Å²) >= 11 is 12.6. The van der Waals surface area contributed by atoms with Gasteiger partial charge in [-0.05, 0) is 60.2 Å². The summed E-state index contributed by atoms with van der Waals surface area (Å²) in [5.41, 5.74) is 0.508. The molecule has 2 N–H and O–H groups in total. The first-order valence-electron chi connectivity index (χ1n) is 13.5. The molecule has 1 aliphatic rings. The number of carbonyl (C=O) groups excluding carboxylic acids is 1. The highest BCUT2D eigenvalue weighted by Gasteiger charge is 2.27. The van der Waals surface area contributed by atoms with Crippen LogP contribution in [0.25, 0.3) is 0 Å². The van der Waals surface area contributed by atoms with Crippen molar-refractivity contribution in [2.24, 2.45) is 5.92 Å². The highest BCUT2D eigenvalue weighted by Crippen LogP contribution is 2.38. The van der Waals surface area contributed by atoms with Crippen molar-refractivity contribution in [1.29, 1.82) is 0 Å². The molecule has 1 unspecified atom stereocenters. The SMILES string of the molecule is COc1ccc(S(=O)(=O)NCC(=O)OC(Cc2c(Cl)cncc2Cl)c2ccc(OC(F)F)c(OCC3CC3)c2)cc1NS(C)(=O)=O. The number of pyridine rings is 1. The monoisotopic (exact) mass is 723 g/mol. The fourth-order valence-electron chi connectivity index (χ4n) is 4.14. The number of hydrogen-bond acceptors (Lipinski definition) is 10. The fraction of sp³-hybridized carbons (Fsp3) is 0.357. The molecule has 1 aliphatic carbocycles. The molecule has 1 heterocycles. The van der Waals surface area contributed by atoms with Gasteiger partial charge >= 0.3 is 12.6 Å². The molecule has 0 radical (unpaired) electrons. The second-order valence-corrected chi connectivity index (χ2v) is 14.5. The normalized spacial score (nSPS) is 14.1. The summed E-state index contributed by atoms with van der Waals surface area (Å²) in [5.74, 6) is -0.905. The molecule has 0 amide bonds. The maximum Gasteiger partial charge on any atom is 0.387 e. The molecule has 2 aromatic carbocycles. The van der Waals surface area contributed by atoms with Gasteiger partial charge in [0.05, 0.1) is 40.6 Å². The van der Waals surface area contributed by atoms with E-state index < -0.39 is 45.3 Å². The molecule has 250 valence electrons. The molecule has 4 rings (SSSR count). The smallest absolute Gasteiger partial charge is 0.387 e. The Labute approximate surface area is 274 Å². The number of carbonyl (C=O) groups is 1. The number of benzene rings is 2. The van der Waals surface area contributed by atoms with Gasteiger partial charge in [0, 0.05) is 18.8 Å². The summed E-state index contributed by atoms with van der Waals surface area (Å²) in [7, 11) is -6.87. The van der Waals surface area contributed by atoms with Crippen LogP contribution in [0.5, 0.6) is 17.2 Å². The minimum atomic E-state index is -4.36. The Kier molecular flexibility index (Phi) is 11.5. The van der Waals surface area contributed by atoms with Crippen LogP contribution in [0.1, 0.15) is 30.1 Å². The zero-order valence-corrected chi connectivity index (χ0v) is 27.5. The first-order valence-corrected chi connectivity index (χ1v) is 17.6. The van der Waals surface area contributed by atoms with Gasteiger partial charge in [-0.15, -0.1) is 0 Å². The highest BCUT2D eigenvalue weighted by atomic mass is 35.5. The van der Waals surface area contributed by atoms with Gasteiger partial charge in [0.15, 0.2) is 11.5 Å². The lowest BCUT2D eigenvalue weighted by Crippen LogP contribution is -2.31. The van der Waals surface area contributed by atoms with E-state index in [1.54, 1.807) is 0 Å². The minimum Gasteiger partial charge on any atom is -0.495 e. The van der Waals surface area contributed by atoms with Crippen molar-refractivity contribution in [2.45, 2.75) is 36.9 Å². The number of aromatic nitrogens is 1. The molecule has 0 aliphatic heterocycles. The van der Waals surface area contributed by atoms with Crippen molar-refractivity contribution in [3.05, 3.63) is 70.0 Å². The summed E-state index contributed by atoms with van der Waals surface area (Å²) < 4.78 is 101. The second-order valence-electron chi connectivity index (χ2n) is 10.2. The van der Waals surface area contributed by atoms with Gasteiger partial charge in [0.2, 0.25) is 20.0 Å². The molecule has 1 saturated carbocycles. The summed E-state index contributed by atoms with van der Waals surface area (Å²) in [5, 5.41) is 0.324. The van der Waals surface area contributed by atoms with Crippen LogP contribution in [-0.4, -0.2) is 60.9 Å². The van der Waals surface area contributed by atoms with E-state index in [1.807, 2.05) is 0 Å². The van der Waals surface area contributed by atoms with Gasteiger partial charge < -0.3 is 18.9 Å². The number of sulfonamides is 2. The molecular weight excluding hydrogens is 695 g/mol. The van der Waals surface area contributed by atoms with E-state index in [2.05, 4.69) is 19.2 Å². The molecule has 1 aromatic heterocycles. The molecule has 0 bridgehead atoms. The van der Waals surface area contributed by atoms with E-state index >= 15 is 0 Å². The molecule has 0 saturated heterocycles. The Morgan fingerprint density at radius 3 is 2.30 bits per heavy atom. The number of hydrogen-bond donors (Lipinski definition) is 2. The average Bonchev–Trinajstić information content (AvgIpc) is 3.80. The van der Waals surface area contributed by atoms with E-state index in [9.17, 15) is 30.4 Å². The lowest BCUT2D eigenvalue weighted by Gasteiger charge is -2.22. The molecule has 1 fully saturated rings. The molecule has 12 nitrogen and oxygen atoms in total. The Morgan fingerprint density at radius 1 is 1.02 bits per heavy atom. The number of nitrogens with zero attached hydrogens (tertiary/aromatic N) is 1. The average molecular weight is 725 g/mol. The van der Waals surface area contributed by atoms with Crippen LogP contribution in [0.3, 0.4) is 0 Å². The van der Waals surface area contributed by atoms with Crippen LogP contribution < -0.4 is 23.7 Å². The van der Waals surface area contributed by atoms with Crippen LogP contribution in [0, 0.1) is 5.92 Å². The van der Waals surface area contributed by atoms with E-state index in [1.165, 1.54) is 43.8 Å². The molecule has 3 aromatic rings. The van der Waals surface area contributed by atoms with Crippen molar-refractivity contribution in [1.82, 2.24) is 9.71 Å². The van der Waals surface area contributed by atoms with Gasteiger partial charge in [-0.25, -0.2) is 16.8 Å². The van der Waals surface area contributed by atoms with Crippen molar-refractivity contribution in [3.63, 3.8) is 0 Å². The first-order chi connectivity index (χ1) is 21.6. The van der Waals surface area contributed by atoms with E-state index in [0.717, 1.165) is 31.2 Å². The topological polar surface area (TPSA) is 159 Å². The summed E-state index contributed by atoms with van der Waals surface area (Å²) in [6, 6.07) is 7.44. The lowest BCUT2D eigenvalue weighted by molar-refractivity contribution is -0.148. The number of nitrogens with one attached hydrogen (secondary N) is 2. The van der Waals surface area contributed by atoms with E-state index in [4.69, 9.17) is 37.4 Å². The maximum absolute atomic E-state index is 13.1. The number of rotatable bonds is 16. The number of alkyl halides is 2. The summed E-state index contributed by atoms with van der Waals surface area (Å²) in [6.45, 7) is -3.69. The number of methoxy groups -OCH3 is 1. The third-order valence-corrected chi connectivity index (χ3v) is 9.17.